The Hall–Kier alpha value is -2.67. The molecule has 1 aliphatic heterocycles. The van der Waals surface area contributed by atoms with Crippen molar-refractivity contribution in [3.05, 3.63) is 48.4 Å². The Morgan fingerprint density at radius 1 is 1.18 bits per heavy atom. The normalized spacial score (nSPS) is 15.0. The number of guanidine groups is 1. The third-order valence-corrected chi connectivity index (χ3v) is 4.78. The van der Waals surface area contributed by atoms with Gasteiger partial charge in [0.2, 0.25) is 0 Å². The Kier molecular flexibility index (Phi) is 7.61. The molecule has 1 aromatic carbocycles. The zero-order chi connectivity index (χ0) is 19.6. The van der Waals surface area contributed by atoms with Crippen molar-refractivity contribution in [3.8, 4) is 5.75 Å². The lowest BCUT2D eigenvalue weighted by atomic mass is 10.2. The van der Waals surface area contributed by atoms with Crippen molar-refractivity contribution in [1.29, 1.82) is 0 Å². The molecule has 7 heteroatoms. The van der Waals surface area contributed by atoms with E-state index >= 15 is 0 Å². The molecule has 1 aliphatic rings. The highest BCUT2D eigenvalue weighted by atomic mass is 16.5. The van der Waals surface area contributed by atoms with Gasteiger partial charge in [0.1, 0.15) is 18.1 Å². The van der Waals surface area contributed by atoms with Crippen LogP contribution >= 0.6 is 0 Å². The van der Waals surface area contributed by atoms with Crippen LogP contribution in [0.25, 0.3) is 0 Å². The number of piperazine rings is 1. The molecule has 0 unspecified atom stereocenters. The van der Waals surface area contributed by atoms with Gasteiger partial charge >= 0.3 is 0 Å². The first-order valence-electron chi connectivity index (χ1n) is 9.75. The first-order valence-corrected chi connectivity index (χ1v) is 9.75. The van der Waals surface area contributed by atoms with Gasteiger partial charge < -0.3 is 29.0 Å². The van der Waals surface area contributed by atoms with Crippen molar-refractivity contribution in [2.24, 2.45) is 4.99 Å². The van der Waals surface area contributed by atoms with Gasteiger partial charge in [-0.3, -0.25) is 4.99 Å². The van der Waals surface area contributed by atoms with Gasteiger partial charge in [-0.15, -0.1) is 0 Å². The van der Waals surface area contributed by atoms with E-state index in [9.17, 15) is 0 Å². The molecular formula is C21H30N4O3. The monoisotopic (exact) mass is 386 g/mol. The van der Waals surface area contributed by atoms with Gasteiger partial charge in [0, 0.05) is 58.1 Å². The molecule has 2 aromatic rings. The molecule has 1 saturated heterocycles. The summed E-state index contributed by atoms with van der Waals surface area (Å²) in [6, 6.07) is 12.0. The summed E-state index contributed by atoms with van der Waals surface area (Å²) in [6.07, 6.45) is 2.59. The van der Waals surface area contributed by atoms with Crippen LogP contribution in [0, 0.1) is 0 Å². The SMILES string of the molecule is CN=C(NCCCOCc1ccco1)N1CCN(c2cccc(OC)c2)CC1. The third kappa shape index (κ3) is 5.66. The number of methoxy groups -OCH3 is 1. The van der Waals surface area contributed by atoms with Gasteiger partial charge in [0.15, 0.2) is 5.96 Å². The molecule has 28 heavy (non-hydrogen) atoms. The van der Waals surface area contributed by atoms with Crippen molar-refractivity contribution < 1.29 is 13.9 Å². The van der Waals surface area contributed by atoms with E-state index in [0.717, 1.165) is 56.6 Å². The molecule has 1 fully saturated rings. The molecule has 0 aliphatic carbocycles. The fourth-order valence-electron chi connectivity index (χ4n) is 3.26. The Labute approximate surface area is 166 Å². The zero-order valence-corrected chi connectivity index (χ0v) is 16.8. The minimum absolute atomic E-state index is 0.522. The summed E-state index contributed by atoms with van der Waals surface area (Å²) < 4.78 is 16.2. The van der Waals surface area contributed by atoms with Crippen molar-refractivity contribution in [2.75, 3.05) is 58.4 Å². The molecule has 3 rings (SSSR count). The number of hydrogen-bond acceptors (Lipinski definition) is 5. The average Bonchev–Trinajstić information content (AvgIpc) is 3.27. The second kappa shape index (κ2) is 10.6. The number of anilines is 1. The van der Waals surface area contributed by atoms with Crippen LogP contribution in [0.4, 0.5) is 5.69 Å². The highest BCUT2D eigenvalue weighted by molar-refractivity contribution is 5.80. The fraction of sp³-hybridized carbons (Fsp3) is 0.476. The molecule has 0 amide bonds. The summed E-state index contributed by atoms with van der Waals surface area (Å²) in [5.41, 5.74) is 1.20. The number of nitrogens with zero attached hydrogens (tertiary/aromatic N) is 3. The van der Waals surface area contributed by atoms with Crippen LogP contribution in [0.2, 0.25) is 0 Å². The Bertz CT molecular complexity index is 725. The van der Waals surface area contributed by atoms with Gasteiger partial charge in [-0.25, -0.2) is 0 Å². The molecule has 0 saturated carbocycles. The molecular weight excluding hydrogens is 356 g/mol. The minimum atomic E-state index is 0.522. The number of nitrogens with one attached hydrogen (secondary N) is 1. The third-order valence-electron chi connectivity index (χ3n) is 4.78. The molecule has 7 nitrogen and oxygen atoms in total. The van der Waals surface area contributed by atoms with Gasteiger partial charge in [0.05, 0.1) is 13.4 Å². The van der Waals surface area contributed by atoms with Gasteiger partial charge in [-0.2, -0.15) is 0 Å². The summed E-state index contributed by atoms with van der Waals surface area (Å²) >= 11 is 0. The predicted octanol–water partition coefficient (Wildman–Crippen LogP) is 2.59. The lowest BCUT2D eigenvalue weighted by Crippen LogP contribution is -2.52. The van der Waals surface area contributed by atoms with E-state index in [1.165, 1.54) is 5.69 Å². The largest absolute Gasteiger partial charge is 0.497 e. The Morgan fingerprint density at radius 3 is 2.75 bits per heavy atom. The molecule has 2 heterocycles. The van der Waals surface area contributed by atoms with Crippen LogP contribution in [0.3, 0.4) is 0 Å². The van der Waals surface area contributed by atoms with Crippen molar-refractivity contribution in [1.82, 2.24) is 10.2 Å². The summed E-state index contributed by atoms with van der Waals surface area (Å²) in [7, 11) is 3.54. The average molecular weight is 386 g/mol. The van der Waals surface area contributed by atoms with Gasteiger partial charge in [-0.05, 0) is 30.7 Å². The second-order valence-electron chi connectivity index (χ2n) is 6.64. The molecule has 0 atom stereocenters. The molecule has 0 spiro atoms. The Morgan fingerprint density at radius 2 is 2.04 bits per heavy atom. The van der Waals surface area contributed by atoms with Crippen molar-refractivity contribution in [3.63, 3.8) is 0 Å². The summed E-state index contributed by atoms with van der Waals surface area (Å²) in [5.74, 6) is 2.71. The zero-order valence-electron chi connectivity index (χ0n) is 16.8. The maximum atomic E-state index is 5.62. The number of ether oxygens (including phenoxy) is 2. The highest BCUT2D eigenvalue weighted by Gasteiger charge is 2.19. The standard InChI is InChI=1S/C21H30N4O3/c1-22-21(23-9-5-14-27-17-20-8-4-15-28-20)25-12-10-24(11-13-25)18-6-3-7-19(16-18)26-2/h3-4,6-8,15-16H,5,9-14,17H2,1-2H3,(H,22,23). The van der Waals surface area contributed by atoms with Crippen molar-refractivity contribution in [2.45, 2.75) is 13.0 Å². The van der Waals surface area contributed by atoms with Crippen LogP contribution in [0.15, 0.2) is 52.1 Å². The highest BCUT2D eigenvalue weighted by Crippen LogP contribution is 2.22. The van der Waals surface area contributed by atoms with E-state index in [0.29, 0.717) is 13.2 Å². The fourth-order valence-corrected chi connectivity index (χ4v) is 3.26. The van der Waals surface area contributed by atoms with Crippen LogP contribution < -0.4 is 15.0 Å². The van der Waals surface area contributed by atoms with E-state index in [1.807, 2.05) is 31.3 Å². The van der Waals surface area contributed by atoms with Crippen LogP contribution in [0.5, 0.6) is 5.75 Å². The quantitative estimate of drug-likeness (QED) is 0.427. The van der Waals surface area contributed by atoms with Crippen LogP contribution in [-0.4, -0.2) is 64.3 Å². The number of aliphatic imine (C=N–C) groups is 1. The molecule has 152 valence electrons. The summed E-state index contributed by atoms with van der Waals surface area (Å²) in [5, 5.41) is 3.44. The smallest absolute Gasteiger partial charge is 0.193 e. The van der Waals surface area contributed by atoms with Crippen LogP contribution in [0.1, 0.15) is 12.2 Å². The minimum Gasteiger partial charge on any atom is -0.497 e. The van der Waals surface area contributed by atoms with Crippen LogP contribution in [-0.2, 0) is 11.3 Å². The second-order valence-corrected chi connectivity index (χ2v) is 6.64. The topological polar surface area (TPSA) is 62.5 Å². The maximum Gasteiger partial charge on any atom is 0.193 e. The lowest BCUT2D eigenvalue weighted by Gasteiger charge is -2.37. The number of furan rings is 1. The van der Waals surface area contributed by atoms with Gasteiger partial charge in [0.25, 0.3) is 0 Å². The predicted molar refractivity (Wildman–Crippen MR) is 111 cm³/mol. The summed E-state index contributed by atoms with van der Waals surface area (Å²) in [4.78, 5) is 9.12. The van der Waals surface area contributed by atoms with Gasteiger partial charge in [-0.1, -0.05) is 6.07 Å². The number of rotatable bonds is 8. The molecule has 0 radical (unpaired) electrons. The maximum absolute atomic E-state index is 5.62. The lowest BCUT2D eigenvalue weighted by molar-refractivity contribution is 0.104. The summed E-state index contributed by atoms with van der Waals surface area (Å²) in [6.45, 7) is 5.83. The van der Waals surface area contributed by atoms with E-state index in [1.54, 1.807) is 13.4 Å². The van der Waals surface area contributed by atoms with E-state index in [4.69, 9.17) is 13.9 Å². The van der Waals surface area contributed by atoms with E-state index in [2.05, 4.69) is 32.2 Å². The molecule has 0 bridgehead atoms. The van der Waals surface area contributed by atoms with Crippen molar-refractivity contribution >= 4 is 11.6 Å². The number of hydrogen-bond donors (Lipinski definition) is 1. The number of benzene rings is 1. The Balaban J connectivity index is 1.36. The molecule has 1 aromatic heterocycles. The van der Waals surface area contributed by atoms with E-state index < -0.39 is 0 Å². The first-order chi connectivity index (χ1) is 13.8. The molecule has 1 N–H and O–H groups in total. The van der Waals surface area contributed by atoms with E-state index in [-0.39, 0.29) is 0 Å². The first kappa shape index (κ1) is 20.1.